The lowest BCUT2D eigenvalue weighted by molar-refractivity contribution is -0.267. The van der Waals surface area contributed by atoms with Crippen LogP contribution in [-0.4, -0.2) is 52.4 Å². The van der Waals surface area contributed by atoms with E-state index in [0.29, 0.717) is 24.0 Å². The summed E-state index contributed by atoms with van der Waals surface area (Å²) < 4.78 is 30.9. The molecule has 1 N–H and O–H groups in total. The van der Waals surface area contributed by atoms with Crippen molar-refractivity contribution in [3.8, 4) is 23.1 Å². The van der Waals surface area contributed by atoms with Crippen LogP contribution in [0.2, 0.25) is 0 Å². The Labute approximate surface area is 318 Å². The first kappa shape index (κ1) is 37.5. The van der Waals surface area contributed by atoms with Crippen LogP contribution in [0.15, 0.2) is 94.4 Å². The number of hydrogen-bond acceptors (Lipinski definition) is 12. The summed E-state index contributed by atoms with van der Waals surface area (Å²) in [5, 5.41) is 21.8. The predicted octanol–water partition coefficient (Wildman–Crippen LogP) is 6.14. The lowest BCUT2D eigenvalue weighted by Crippen LogP contribution is -2.71. The number of aliphatic hydroxyl groups is 1. The van der Waals surface area contributed by atoms with Crippen molar-refractivity contribution >= 4 is 17.9 Å². The highest BCUT2D eigenvalue weighted by Gasteiger charge is 2.71. The Balaban J connectivity index is 1.32. The maximum absolute atomic E-state index is 13.9. The molecule has 0 radical (unpaired) electrons. The van der Waals surface area contributed by atoms with Gasteiger partial charge in [0.05, 0.1) is 29.7 Å². The fourth-order valence-corrected chi connectivity index (χ4v) is 9.51. The van der Waals surface area contributed by atoms with Gasteiger partial charge in [-0.25, -0.2) is 9.59 Å². The number of nitrogens with zero attached hydrogens (tertiary/aromatic N) is 2. The number of carbonyl (C=O) groups excluding carboxylic acids is 3. The number of nitriles is 1. The third-order valence-electron chi connectivity index (χ3n) is 12.1. The largest absolute Gasteiger partial charge is 0.482 e. The van der Waals surface area contributed by atoms with Crippen LogP contribution < -0.4 is 10.4 Å². The summed E-state index contributed by atoms with van der Waals surface area (Å²) in [6.45, 7) is 6.84. The molecule has 0 amide bonds. The van der Waals surface area contributed by atoms with E-state index in [1.165, 1.54) is 37.4 Å². The molecule has 7 rings (SSSR count). The summed E-state index contributed by atoms with van der Waals surface area (Å²) in [7, 11) is 0. The number of pyridine rings is 1. The number of aromatic nitrogens is 1. The standard InChI is InChI=1S/C43H42N2O10/c1-25(46)52-33-16-17-41(2)32(42(33,3)24-51-35(47)19-26-9-6-5-7-10-26)21-34(54-39(49)28-14-12-27(22-44)13-15-28)43(4)38(41)37(48)36-31(55-43)20-30(53-40(36)50)29-11-8-18-45-23-29/h5-15,18,20,23,32-34,37-38,48H,16-17,19,21,24H2,1-4H3/t32-,33+,34+,37+,38-,41+,42+,43-/m1/s1. The summed E-state index contributed by atoms with van der Waals surface area (Å²) in [6.07, 6.45) is 0.928. The van der Waals surface area contributed by atoms with Gasteiger partial charge in [0.1, 0.15) is 41.5 Å². The van der Waals surface area contributed by atoms with Gasteiger partial charge in [-0.2, -0.15) is 5.26 Å². The minimum atomic E-state index is -1.44. The van der Waals surface area contributed by atoms with Gasteiger partial charge in [0.25, 0.3) is 0 Å². The van der Waals surface area contributed by atoms with Crippen LogP contribution in [0.5, 0.6) is 5.75 Å². The average Bonchev–Trinajstić information content (AvgIpc) is 3.16. The van der Waals surface area contributed by atoms with Crippen molar-refractivity contribution in [1.29, 1.82) is 5.26 Å². The van der Waals surface area contributed by atoms with Gasteiger partial charge >= 0.3 is 23.5 Å². The van der Waals surface area contributed by atoms with Gasteiger partial charge < -0.3 is 28.5 Å². The van der Waals surface area contributed by atoms with Crippen LogP contribution in [0.4, 0.5) is 0 Å². The van der Waals surface area contributed by atoms with Crippen LogP contribution >= 0.6 is 0 Å². The number of aliphatic hydroxyl groups excluding tert-OH is 1. The molecule has 55 heavy (non-hydrogen) atoms. The van der Waals surface area contributed by atoms with E-state index in [0.717, 1.165) is 5.56 Å². The SMILES string of the molecule is CC(=O)O[C@H]1CC[C@@]2(C)[C@@H](C[C@H](OC(=O)c3ccc(C#N)cc3)[C@@]3(C)Oc4cc(-c5cccnc5)oc(=O)c4[C@H](O)[C@H]23)[C@]1(C)COC(=O)Cc1ccccc1. The van der Waals surface area contributed by atoms with E-state index in [1.54, 1.807) is 31.3 Å². The van der Waals surface area contributed by atoms with Crippen molar-refractivity contribution in [2.24, 2.45) is 22.7 Å². The molecule has 2 aromatic carbocycles. The van der Waals surface area contributed by atoms with Gasteiger partial charge in [0, 0.05) is 42.3 Å². The fourth-order valence-electron chi connectivity index (χ4n) is 9.51. The molecule has 2 saturated carbocycles. The van der Waals surface area contributed by atoms with Crippen LogP contribution in [0.1, 0.15) is 80.1 Å². The number of rotatable bonds is 8. The first-order valence-corrected chi connectivity index (χ1v) is 18.3. The minimum absolute atomic E-state index is 0.0305. The number of benzene rings is 2. The molecular weight excluding hydrogens is 704 g/mol. The van der Waals surface area contributed by atoms with Gasteiger partial charge in [0.2, 0.25) is 0 Å². The highest BCUT2D eigenvalue weighted by Crippen LogP contribution is 2.67. The number of esters is 3. The number of hydrogen-bond donors (Lipinski definition) is 1. The Morgan fingerprint density at radius 1 is 1.00 bits per heavy atom. The van der Waals surface area contributed by atoms with E-state index in [-0.39, 0.29) is 42.1 Å². The van der Waals surface area contributed by atoms with E-state index in [9.17, 15) is 29.5 Å². The van der Waals surface area contributed by atoms with Crippen LogP contribution in [0.3, 0.4) is 0 Å². The van der Waals surface area contributed by atoms with Crippen LogP contribution in [0, 0.1) is 34.0 Å². The molecule has 8 atom stereocenters. The molecule has 12 nitrogen and oxygen atoms in total. The summed E-state index contributed by atoms with van der Waals surface area (Å²) >= 11 is 0. The smallest absolute Gasteiger partial charge is 0.345 e. The third-order valence-corrected chi connectivity index (χ3v) is 12.1. The second-order valence-corrected chi connectivity index (χ2v) is 15.5. The maximum Gasteiger partial charge on any atom is 0.345 e. The lowest BCUT2D eigenvalue weighted by atomic mass is 9.42. The molecular formula is C43H42N2O10. The Kier molecular flexibility index (Phi) is 9.86. The molecule has 3 heterocycles. The van der Waals surface area contributed by atoms with Crippen molar-refractivity contribution in [2.45, 2.75) is 77.3 Å². The number of fused-ring (bicyclic) bond motifs is 4. The van der Waals surface area contributed by atoms with Crippen molar-refractivity contribution in [3.63, 3.8) is 0 Å². The number of ether oxygens (including phenoxy) is 4. The zero-order chi connectivity index (χ0) is 39.1. The summed E-state index contributed by atoms with van der Waals surface area (Å²) in [5.74, 6) is -2.76. The second-order valence-electron chi connectivity index (χ2n) is 15.5. The van der Waals surface area contributed by atoms with Gasteiger partial charge in [-0.3, -0.25) is 14.6 Å². The lowest BCUT2D eigenvalue weighted by Gasteiger charge is -2.66. The molecule has 0 bridgehead atoms. The minimum Gasteiger partial charge on any atom is -0.482 e. The molecule has 0 spiro atoms. The molecule has 2 aliphatic carbocycles. The van der Waals surface area contributed by atoms with E-state index < -0.39 is 70.1 Å². The van der Waals surface area contributed by atoms with Gasteiger partial charge in [-0.15, -0.1) is 0 Å². The van der Waals surface area contributed by atoms with Gasteiger partial charge in [-0.05, 0) is 79.5 Å². The molecule has 0 unspecified atom stereocenters. The van der Waals surface area contributed by atoms with Crippen molar-refractivity contribution < 1.29 is 42.9 Å². The Bertz CT molecular complexity index is 2200. The monoisotopic (exact) mass is 746 g/mol. The fraction of sp³-hybridized carbons (Fsp3) is 0.395. The summed E-state index contributed by atoms with van der Waals surface area (Å²) in [4.78, 5) is 57.7. The zero-order valence-corrected chi connectivity index (χ0v) is 31.0. The zero-order valence-electron chi connectivity index (χ0n) is 31.0. The Morgan fingerprint density at radius 3 is 2.42 bits per heavy atom. The average molecular weight is 747 g/mol. The molecule has 1 aliphatic heterocycles. The molecule has 3 aliphatic rings. The van der Waals surface area contributed by atoms with Gasteiger partial charge in [0.15, 0.2) is 0 Å². The van der Waals surface area contributed by atoms with E-state index >= 15 is 0 Å². The molecule has 284 valence electrons. The first-order valence-electron chi connectivity index (χ1n) is 18.3. The van der Waals surface area contributed by atoms with E-state index in [1.807, 2.05) is 50.2 Å². The van der Waals surface area contributed by atoms with E-state index in [2.05, 4.69) is 4.98 Å². The Hall–Kier alpha value is -5.80. The topological polar surface area (TPSA) is 175 Å². The van der Waals surface area contributed by atoms with E-state index in [4.69, 9.17) is 23.4 Å². The normalized spacial score (nSPS) is 29.2. The van der Waals surface area contributed by atoms with Crippen molar-refractivity contribution in [1.82, 2.24) is 4.98 Å². The third kappa shape index (κ3) is 6.78. The quantitative estimate of drug-likeness (QED) is 0.161. The molecule has 2 fully saturated rings. The van der Waals surface area contributed by atoms with Crippen LogP contribution in [0.25, 0.3) is 11.3 Å². The highest BCUT2D eigenvalue weighted by atomic mass is 16.6. The van der Waals surface area contributed by atoms with Crippen LogP contribution in [-0.2, 0) is 30.2 Å². The Morgan fingerprint density at radius 2 is 1.75 bits per heavy atom. The number of carbonyl (C=O) groups is 3. The molecule has 0 saturated heterocycles. The predicted molar refractivity (Wildman–Crippen MR) is 196 cm³/mol. The maximum atomic E-state index is 13.9. The molecule has 2 aromatic heterocycles. The second kappa shape index (κ2) is 14.5. The van der Waals surface area contributed by atoms with Gasteiger partial charge in [-0.1, -0.05) is 44.2 Å². The van der Waals surface area contributed by atoms with Crippen molar-refractivity contribution in [2.75, 3.05) is 6.61 Å². The highest BCUT2D eigenvalue weighted by molar-refractivity contribution is 5.89. The van der Waals surface area contributed by atoms with Crippen molar-refractivity contribution in [3.05, 3.63) is 118 Å². The molecule has 4 aromatic rings. The molecule has 12 heteroatoms. The summed E-state index contributed by atoms with van der Waals surface area (Å²) in [6, 6.07) is 22.2. The first-order chi connectivity index (χ1) is 26.3. The summed E-state index contributed by atoms with van der Waals surface area (Å²) in [5.41, 5.74) is -2.28.